The van der Waals surface area contributed by atoms with Gasteiger partial charge in [-0.3, -0.25) is 0 Å². The Morgan fingerprint density at radius 1 is 1.58 bits per heavy atom. The lowest BCUT2D eigenvalue weighted by Gasteiger charge is -2.14. The molecule has 2 N–H and O–H groups in total. The van der Waals surface area contributed by atoms with Crippen LogP contribution in [0, 0.1) is 5.92 Å². The Balaban J connectivity index is 2.06. The Morgan fingerprint density at radius 2 is 2.33 bits per heavy atom. The highest BCUT2D eigenvalue weighted by molar-refractivity contribution is 6.48. The van der Waals surface area contributed by atoms with E-state index < -0.39 is 0 Å². The highest BCUT2D eigenvalue weighted by Gasteiger charge is 2.22. The highest BCUT2D eigenvalue weighted by Crippen LogP contribution is 2.21. The molecule has 1 aliphatic heterocycles. The first kappa shape index (κ1) is 10.1. The Hall–Kier alpha value is -0.0151. The number of hydrogen-bond acceptors (Lipinski definition) is 2. The second-order valence-electron chi connectivity index (χ2n) is 4.07. The first-order valence-corrected chi connectivity index (χ1v) is 5.11. The average Bonchev–Trinajstić information content (AvgIpc) is 2.36. The lowest BCUT2D eigenvalue weighted by Crippen LogP contribution is -2.22. The van der Waals surface area contributed by atoms with Crippen LogP contribution in [-0.2, 0) is 0 Å². The normalized spacial score (nSPS) is 29.2. The van der Waals surface area contributed by atoms with Crippen LogP contribution in [0.25, 0.3) is 0 Å². The van der Waals surface area contributed by atoms with Crippen molar-refractivity contribution in [1.82, 2.24) is 5.32 Å². The minimum atomic E-state index is -0.116. The van der Waals surface area contributed by atoms with Crippen LogP contribution in [0.4, 0.5) is 0 Å². The zero-order chi connectivity index (χ0) is 8.97. The fourth-order valence-corrected chi connectivity index (χ4v) is 1.98. The van der Waals surface area contributed by atoms with Crippen molar-refractivity contribution in [3.8, 4) is 0 Å². The second kappa shape index (κ2) is 4.88. The summed E-state index contributed by atoms with van der Waals surface area (Å²) in [6, 6.07) is 0.694. The minimum Gasteiger partial charge on any atom is -0.451 e. The van der Waals surface area contributed by atoms with Crippen LogP contribution in [0.2, 0.25) is 13.1 Å². The average molecular weight is 169 g/mol. The van der Waals surface area contributed by atoms with Crippen molar-refractivity contribution >= 4 is 6.92 Å². The zero-order valence-electron chi connectivity index (χ0n) is 8.21. The van der Waals surface area contributed by atoms with E-state index in [0.717, 1.165) is 12.2 Å². The van der Waals surface area contributed by atoms with Gasteiger partial charge in [-0.1, -0.05) is 13.2 Å². The quantitative estimate of drug-likeness (QED) is 0.623. The fraction of sp³-hybridized carbons (Fsp3) is 1.00. The summed E-state index contributed by atoms with van der Waals surface area (Å²) in [4.78, 5) is 0. The molecule has 0 saturated carbocycles. The SMILES string of the molecule is CB(O)CCC[C@@H]1CCN[C@H]1C. The largest absolute Gasteiger partial charge is 0.451 e. The molecular formula is C9H20BNO. The molecule has 0 aromatic carbocycles. The third-order valence-corrected chi connectivity index (χ3v) is 2.89. The predicted octanol–water partition coefficient (Wildman–Crippen LogP) is 1.38. The van der Waals surface area contributed by atoms with Gasteiger partial charge in [-0.05, 0) is 38.5 Å². The monoisotopic (exact) mass is 169 g/mol. The summed E-state index contributed by atoms with van der Waals surface area (Å²) in [6.45, 7) is 5.20. The van der Waals surface area contributed by atoms with Crippen molar-refractivity contribution in [3.05, 3.63) is 0 Å². The van der Waals surface area contributed by atoms with Gasteiger partial charge in [0.2, 0.25) is 0 Å². The molecule has 70 valence electrons. The second-order valence-corrected chi connectivity index (χ2v) is 4.07. The molecule has 2 nitrogen and oxygen atoms in total. The molecule has 12 heavy (non-hydrogen) atoms. The third-order valence-electron chi connectivity index (χ3n) is 2.89. The van der Waals surface area contributed by atoms with Gasteiger partial charge in [-0.15, -0.1) is 0 Å². The summed E-state index contributed by atoms with van der Waals surface area (Å²) in [5.74, 6) is 0.851. The molecule has 0 bridgehead atoms. The van der Waals surface area contributed by atoms with Gasteiger partial charge in [-0.2, -0.15) is 0 Å². The van der Waals surface area contributed by atoms with Crippen molar-refractivity contribution in [2.45, 2.75) is 45.4 Å². The first-order chi connectivity index (χ1) is 5.70. The Bertz CT molecular complexity index is 130. The fourth-order valence-electron chi connectivity index (χ4n) is 1.98. The van der Waals surface area contributed by atoms with Gasteiger partial charge in [0.15, 0.2) is 0 Å². The van der Waals surface area contributed by atoms with Crippen LogP contribution in [0.1, 0.15) is 26.2 Å². The van der Waals surface area contributed by atoms with Crippen molar-refractivity contribution in [3.63, 3.8) is 0 Å². The Labute approximate surface area is 75.9 Å². The van der Waals surface area contributed by atoms with Gasteiger partial charge >= 0.3 is 0 Å². The lowest BCUT2D eigenvalue weighted by molar-refractivity contribution is 0.435. The van der Waals surface area contributed by atoms with Crippen LogP contribution < -0.4 is 5.32 Å². The van der Waals surface area contributed by atoms with E-state index in [9.17, 15) is 0 Å². The molecule has 0 unspecified atom stereocenters. The first-order valence-electron chi connectivity index (χ1n) is 5.11. The molecule has 0 aliphatic carbocycles. The van der Waals surface area contributed by atoms with Crippen molar-refractivity contribution in [2.24, 2.45) is 5.92 Å². The topological polar surface area (TPSA) is 32.3 Å². The van der Waals surface area contributed by atoms with E-state index >= 15 is 0 Å². The maximum absolute atomic E-state index is 9.08. The number of rotatable bonds is 4. The van der Waals surface area contributed by atoms with E-state index in [2.05, 4.69) is 12.2 Å². The van der Waals surface area contributed by atoms with Crippen molar-refractivity contribution < 1.29 is 5.02 Å². The predicted molar refractivity (Wildman–Crippen MR) is 53.4 cm³/mol. The molecule has 3 heteroatoms. The maximum atomic E-state index is 9.08. The summed E-state index contributed by atoms with van der Waals surface area (Å²) < 4.78 is 0. The summed E-state index contributed by atoms with van der Waals surface area (Å²) in [7, 11) is 0. The summed E-state index contributed by atoms with van der Waals surface area (Å²) in [6.07, 6.45) is 4.73. The molecule has 1 saturated heterocycles. The van der Waals surface area contributed by atoms with Crippen LogP contribution in [-0.4, -0.2) is 24.5 Å². The molecule has 0 radical (unpaired) electrons. The highest BCUT2D eigenvalue weighted by atomic mass is 16.2. The molecule has 1 rings (SSSR count). The summed E-state index contributed by atoms with van der Waals surface area (Å²) in [5, 5.41) is 12.5. The van der Waals surface area contributed by atoms with E-state index in [4.69, 9.17) is 5.02 Å². The molecule has 1 aliphatic rings. The van der Waals surface area contributed by atoms with Gasteiger partial charge in [-0.25, -0.2) is 0 Å². The van der Waals surface area contributed by atoms with Gasteiger partial charge in [0.1, 0.15) is 0 Å². The van der Waals surface area contributed by atoms with E-state index in [1.807, 2.05) is 6.82 Å². The van der Waals surface area contributed by atoms with Crippen LogP contribution in [0.15, 0.2) is 0 Å². The molecule has 0 spiro atoms. The standard InChI is InChI=1S/C9H20BNO/c1-8-9(5-7-11-8)4-3-6-10(2)12/h8-9,11-12H,3-7H2,1-2H3/t8-,9+/m0/s1. The van der Waals surface area contributed by atoms with Crippen LogP contribution in [0.3, 0.4) is 0 Å². The lowest BCUT2D eigenvalue weighted by atomic mass is 9.66. The number of hydrogen-bond donors (Lipinski definition) is 2. The maximum Gasteiger partial charge on any atom is 0.285 e. The van der Waals surface area contributed by atoms with E-state index in [1.54, 1.807) is 0 Å². The van der Waals surface area contributed by atoms with Gasteiger partial charge in [0.05, 0.1) is 0 Å². The third kappa shape index (κ3) is 3.15. The Morgan fingerprint density at radius 3 is 2.83 bits per heavy atom. The van der Waals surface area contributed by atoms with Crippen molar-refractivity contribution in [1.29, 1.82) is 0 Å². The van der Waals surface area contributed by atoms with Crippen LogP contribution >= 0.6 is 0 Å². The summed E-state index contributed by atoms with van der Waals surface area (Å²) in [5.41, 5.74) is 0. The van der Waals surface area contributed by atoms with Gasteiger partial charge in [0, 0.05) is 6.04 Å². The molecule has 1 fully saturated rings. The smallest absolute Gasteiger partial charge is 0.285 e. The molecule has 1 heterocycles. The molecule has 0 amide bonds. The van der Waals surface area contributed by atoms with Crippen LogP contribution in [0.5, 0.6) is 0 Å². The summed E-state index contributed by atoms with van der Waals surface area (Å²) >= 11 is 0. The Kier molecular flexibility index (Phi) is 4.09. The zero-order valence-corrected chi connectivity index (χ0v) is 8.21. The van der Waals surface area contributed by atoms with E-state index in [1.165, 1.54) is 25.8 Å². The molecule has 2 atom stereocenters. The van der Waals surface area contributed by atoms with Gasteiger partial charge < -0.3 is 10.3 Å². The van der Waals surface area contributed by atoms with E-state index in [0.29, 0.717) is 6.04 Å². The van der Waals surface area contributed by atoms with Gasteiger partial charge in [0.25, 0.3) is 6.92 Å². The van der Waals surface area contributed by atoms with E-state index in [-0.39, 0.29) is 6.92 Å². The minimum absolute atomic E-state index is 0.116. The molecule has 0 aromatic rings. The molecule has 0 aromatic heterocycles. The molecular weight excluding hydrogens is 149 g/mol. The van der Waals surface area contributed by atoms with Crippen molar-refractivity contribution in [2.75, 3.05) is 6.54 Å². The number of nitrogens with one attached hydrogen (secondary N) is 1.